The van der Waals surface area contributed by atoms with Crippen LogP contribution in [0.25, 0.3) is 22.5 Å². The fraction of sp³-hybridized carbons (Fsp3) is 0.207. The summed E-state index contributed by atoms with van der Waals surface area (Å²) in [5, 5.41) is 15.9. The van der Waals surface area contributed by atoms with E-state index >= 15 is 0 Å². The number of benzene rings is 3. The maximum Gasteiger partial charge on any atom is 0.412 e. The Morgan fingerprint density at radius 1 is 1.00 bits per heavy atom. The second kappa shape index (κ2) is 10.2. The Morgan fingerprint density at radius 3 is 2.21 bits per heavy atom. The van der Waals surface area contributed by atoms with Crippen LogP contribution in [0.2, 0.25) is 0 Å². The van der Waals surface area contributed by atoms with Crippen molar-refractivity contribution in [2.45, 2.75) is 38.4 Å². The highest BCUT2D eigenvalue weighted by Gasteiger charge is 2.54. The smallest absolute Gasteiger partial charge is 0.412 e. The number of nitrogens with one attached hydrogen (secondary N) is 1. The average molecular weight is 535 g/mol. The van der Waals surface area contributed by atoms with Gasteiger partial charge in [-0.25, -0.2) is 18.4 Å². The predicted molar refractivity (Wildman–Crippen MR) is 137 cm³/mol. The zero-order chi connectivity index (χ0) is 27.7. The first-order valence-electron chi connectivity index (χ1n) is 12.2. The average Bonchev–Trinajstić information content (AvgIpc) is 3.64. The summed E-state index contributed by atoms with van der Waals surface area (Å²) in [7, 11) is 0. The van der Waals surface area contributed by atoms with Crippen LogP contribution in [0.4, 0.5) is 19.3 Å². The van der Waals surface area contributed by atoms with Crippen LogP contribution >= 0.6 is 0 Å². The minimum absolute atomic E-state index is 0.187. The second-order valence-electron chi connectivity index (χ2n) is 9.30. The Bertz CT molecular complexity index is 1510. The number of aryl methyl sites for hydroxylation is 1. The van der Waals surface area contributed by atoms with Crippen LogP contribution in [0.3, 0.4) is 0 Å². The van der Waals surface area contributed by atoms with Gasteiger partial charge in [0.25, 0.3) is 0 Å². The molecule has 200 valence electrons. The highest BCUT2D eigenvalue weighted by atomic mass is 19.1. The summed E-state index contributed by atoms with van der Waals surface area (Å²) in [6, 6.07) is 18.0. The van der Waals surface area contributed by atoms with E-state index in [1.807, 2.05) is 30.3 Å². The maximum absolute atomic E-state index is 14.7. The standard InChI is InChI=1S/C29H24F2N2O6/c1-16-24(32-28(36)37-17(2)18-6-4-3-5-7-18)25(39-33-16)20-10-8-19(9-11-20)21-14-22(30)26(23(31)15-21)38-29(12-13-29)27(34)35/h3-11,14-15,17H,12-13H2,1-2H3,(H,32,36)(H,34,35)/t17-/m1/s1. The molecule has 4 aromatic rings. The van der Waals surface area contributed by atoms with Crippen LogP contribution in [0, 0.1) is 18.6 Å². The van der Waals surface area contributed by atoms with Gasteiger partial charge in [0, 0.05) is 18.4 Å². The van der Waals surface area contributed by atoms with Crippen molar-refractivity contribution in [1.82, 2.24) is 5.16 Å². The number of halogens is 2. The molecule has 8 nitrogen and oxygen atoms in total. The van der Waals surface area contributed by atoms with Crippen molar-refractivity contribution in [2.75, 3.05) is 5.32 Å². The van der Waals surface area contributed by atoms with Gasteiger partial charge in [0.1, 0.15) is 17.5 Å². The number of carboxylic acids is 1. The van der Waals surface area contributed by atoms with E-state index in [4.69, 9.17) is 14.0 Å². The van der Waals surface area contributed by atoms with Gasteiger partial charge in [-0.15, -0.1) is 0 Å². The van der Waals surface area contributed by atoms with Crippen molar-refractivity contribution in [3.63, 3.8) is 0 Å². The number of ether oxygens (including phenoxy) is 2. The number of hydrogen-bond acceptors (Lipinski definition) is 6. The Kier molecular flexibility index (Phi) is 6.78. The monoisotopic (exact) mass is 534 g/mol. The Balaban J connectivity index is 1.32. The third kappa shape index (κ3) is 5.31. The number of carbonyl (C=O) groups is 2. The number of aliphatic carboxylic acids is 1. The summed E-state index contributed by atoms with van der Waals surface area (Å²) in [5.41, 5.74) is 1.32. The molecule has 1 aliphatic rings. The number of aromatic nitrogens is 1. The topological polar surface area (TPSA) is 111 Å². The molecule has 1 saturated carbocycles. The molecule has 0 bridgehead atoms. The van der Waals surface area contributed by atoms with Crippen molar-refractivity contribution in [3.8, 4) is 28.2 Å². The maximum atomic E-state index is 14.7. The van der Waals surface area contributed by atoms with Crippen LogP contribution in [-0.2, 0) is 9.53 Å². The number of amides is 1. The van der Waals surface area contributed by atoms with Gasteiger partial charge in [0.2, 0.25) is 5.60 Å². The predicted octanol–water partition coefficient (Wildman–Crippen LogP) is 6.90. The lowest BCUT2D eigenvalue weighted by Gasteiger charge is -2.15. The van der Waals surface area contributed by atoms with Crippen LogP contribution in [0.15, 0.2) is 71.3 Å². The first kappa shape index (κ1) is 25.9. The van der Waals surface area contributed by atoms with E-state index in [1.165, 1.54) is 0 Å². The normalized spacial score (nSPS) is 14.4. The number of nitrogens with zero attached hydrogens (tertiary/aromatic N) is 1. The van der Waals surface area contributed by atoms with Gasteiger partial charge in [-0.1, -0.05) is 59.8 Å². The molecule has 3 aromatic carbocycles. The minimum atomic E-state index is -1.57. The first-order valence-corrected chi connectivity index (χ1v) is 12.2. The highest BCUT2D eigenvalue weighted by molar-refractivity contribution is 5.91. The number of rotatable bonds is 8. The molecule has 39 heavy (non-hydrogen) atoms. The number of carbonyl (C=O) groups excluding carboxylic acids is 1. The zero-order valence-corrected chi connectivity index (χ0v) is 21.0. The molecule has 0 saturated heterocycles. The van der Waals surface area contributed by atoms with E-state index in [0.29, 0.717) is 22.5 Å². The molecule has 10 heteroatoms. The Hall–Kier alpha value is -4.73. The van der Waals surface area contributed by atoms with Crippen LogP contribution < -0.4 is 10.1 Å². The fourth-order valence-electron chi connectivity index (χ4n) is 4.10. The van der Waals surface area contributed by atoms with Crippen LogP contribution in [0.5, 0.6) is 5.75 Å². The third-order valence-corrected chi connectivity index (χ3v) is 6.51. The summed E-state index contributed by atoms with van der Waals surface area (Å²) >= 11 is 0. The fourth-order valence-corrected chi connectivity index (χ4v) is 4.10. The van der Waals surface area contributed by atoms with Crippen LogP contribution in [0.1, 0.15) is 37.1 Å². The SMILES string of the molecule is Cc1noc(-c2ccc(-c3cc(F)c(OC4(C(=O)O)CC4)c(F)c3)cc2)c1NC(=O)O[C@H](C)c1ccccc1. The van der Waals surface area contributed by atoms with Crippen molar-refractivity contribution in [1.29, 1.82) is 0 Å². The van der Waals surface area contributed by atoms with Crippen LogP contribution in [-0.4, -0.2) is 27.9 Å². The minimum Gasteiger partial charge on any atom is -0.478 e. The van der Waals surface area contributed by atoms with E-state index in [2.05, 4.69) is 10.5 Å². The van der Waals surface area contributed by atoms with E-state index in [9.17, 15) is 23.5 Å². The third-order valence-electron chi connectivity index (χ3n) is 6.51. The molecule has 0 unspecified atom stereocenters. The molecule has 1 amide bonds. The molecular formula is C29H24F2N2O6. The molecule has 5 rings (SSSR count). The van der Waals surface area contributed by atoms with Crippen molar-refractivity contribution in [3.05, 3.63) is 89.6 Å². The van der Waals surface area contributed by atoms with Crippen molar-refractivity contribution >= 4 is 17.7 Å². The summed E-state index contributed by atoms with van der Waals surface area (Å²) < 4.78 is 45.5. The lowest BCUT2D eigenvalue weighted by Crippen LogP contribution is -2.29. The molecule has 2 N–H and O–H groups in total. The van der Waals surface area contributed by atoms with Crippen molar-refractivity contribution in [2.24, 2.45) is 0 Å². The molecule has 0 spiro atoms. The molecule has 0 radical (unpaired) electrons. The molecule has 0 aliphatic heterocycles. The Morgan fingerprint density at radius 2 is 1.62 bits per heavy atom. The number of anilines is 1. The summed E-state index contributed by atoms with van der Waals surface area (Å²) in [4.78, 5) is 23.9. The van der Waals surface area contributed by atoms with E-state index in [1.54, 1.807) is 38.1 Å². The highest BCUT2D eigenvalue weighted by Crippen LogP contribution is 2.43. The molecule has 1 heterocycles. The number of hydrogen-bond donors (Lipinski definition) is 2. The lowest BCUT2D eigenvalue weighted by molar-refractivity contribution is -0.147. The molecule has 1 atom stereocenters. The van der Waals surface area contributed by atoms with Crippen molar-refractivity contribution < 1.29 is 37.5 Å². The van der Waals surface area contributed by atoms with Gasteiger partial charge in [-0.2, -0.15) is 0 Å². The molecule has 1 aromatic heterocycles. The lowest BCUT2D eigenvalue weighted by atomic mass is 10.0. The number of carboxylic acid groups (broad SMARTS) is 1. The van der Waals surface area contributed by atoms with E-state index in [0.717, 1.165) is 17.7 Å². The van der Waals surface area contributed by atoms with Gasteiger partial charge in [-0.05, 0) is 42.7 Å². The summed E-state index contributed by atoms with van der Waals surface area (Å²) in [6.45, 7) is 3.43. The van der Waals surface area contributed by atoms with E-state index < -0.39 is 41.2 Å². The van der Waals surface area contributed by atoms with Gasteiger partial charge in [-0.3, -0.25) is 5.32 Å². The van der Waals surface area contributed by atoms with E-state index in [-0.39, 0.29) is 24.2 Å². The first-order chi connectivity index (χ1) is 18.7. The Labute approximate surface area is 222 Å². The van der Waals surface area contributed by atoms with Gasteiger partial charge < -0.3 is 19.1 Å². The van der Waals surface area contributed by atoms with Gasteiger partial charge >= 0.3 is 12.1 Å². The zero-order valence-electron chi connectivity index (χ0n) is 21.0. The van der Waals surface area contributed by atoms with Gasteiger partial charge in [0.15, 0.2) is 23.1 Å². The molecule has 1 fully saturated rings. The quantitative estimate of drug-likeness (QED) is 0.253. The second-order valence-corrected chi connectivity index (χ2v) is 9.30. The molecule has 1 aliphatic carbocycles. The summed E-state index contributed by atoms with van der Waals surface area (Å²) in [6.07, 6.45) is -0.788. The van der Waals surface area contributed by atoms with Gasteiger partial charge in [0.05, 0.1) is 0 Å². The largest absolute Gasteiger partial charge is 0.478 e. The molecular weight excluding hydrogens is 510 g/mol. The summed E-state index contributed by atoms with van der Waals surface area (Å²) in [5.74, 6) is -3.68.